The summed E-state index contributed by atoms with van der Waals surface area (Å²) in [6.45, 7) is 0.809. The van der Waals surface area contributed by atoms with Crippen LogP contribution < -0.4 is 10.7 Å². The van der Waals surface area contributed by atoms with Gasteiger partial charge >= 0.3 is 0 Å². The number of nitrogens with one attached hydrogen (secondary N) is 2. The first-order valence-electron chi connectivity index (χ1n) is 7.19. The van der Waals surface area contributed by atoms with E-state index in [1.807, 2.05) is 6.07 Å². The fraction of sp³-hybridized carbons (Fsp3) is 0.500. The van der Waals surface area contributed by atoms with Gasteiger partial charge in [0.1, 0.15) is 18.3 Å². The Bertz CT molecular complexity index is 545. The monoisotopic (exact) mass is 358 g/mol. The normalized spacial score (nSPS) is 16.8. The van der Waals surface area contributed by atoms with E-state index in [0.29, 0.717) is 11.4 Å². The molecule has 0 fully saturated rings. The summed E-state index contributed by atoms with van der Waals surface area (Å²) >= 11 is 4.97. The summed E-state index contributed by atoms with van der Waals surface area (Å²) in [7, 11) is 0. The van der Waals surface area contributed by atoms with Crippen molar-refractivity contribution in [1.29, 1.82) is 0 Å². The third-order valence-corrected chi connectivity index (χ3v) is 3.39. The summed E-state index contributed by atoms with van der Waals surface area (Å²) in [5.74, 6) is 0. The minimum atomic E-state index is -1.68. The van der Waals surface area contributed by atoms with Gasteiger partial charge in [-0.2, -0.15) is 5.10 Å². The van der Waals surface area contributed by atoms with Crippen LogP contribution in [0.2, 0.25) is 0 Å². The number of hydrogen-bond donors (Lipinski definition) is 7. The van der Waals surface area contributed by atoms with E-state index < -0.39 is 31.0 Å². The van der Waals surface area contributed by atoms with E-state index >= 15 is 0 Å². The topological polar surface area (TPSA) is 150 Å². The molecule has 7 N–H and O–H groups in total. The Labute approximate surface area is 144 Å². The second kappa shape index (κ2) is 10.2. The molecule has 0 radical (unpaired) electrons. The summed E-state index contributed by atoms with van der Waals surface area (Å²) in [6.07, 6.45) is -4.67. The predicted molar refractivity (Wildman–Crippen MR) is 91.3 cm³/mol. The quantitative estimate of drug-likeness (QED) is 0.155. The van der Waals surface area contributed by atoms with E-state index in [1.54, 1.807) is 25.3 Å². The maximum absolute atomic E-state index is 9.74. The fourth-order valence-corrected chi connectivity index (χ4v) is 1.82. The van der Waals surface area contributed by atoms with Gasteiger partial charge in [0.25, 0.3) is 0 Å². The molecule has 0 saturated carbocycles. The van der Waals surface area contributed by atoms with Crippen LogP contribution in [0.15, 0.2) is 29.5 Å². The summed E-state index contributed by atoms with van der Waals surface area (Å²) in [5, 5.41) is 53.5. The molecule has 0 saturated heterocycles. The van der Waals surface area contributed by atoms with Crippen molar-refractivity contribution >= 4 is 23.0 Å². The van der Waals surface area contributed by atoms with Crippen molar-refractivity contribution in [2.75, 3.05) is 13.2 Å². The number of thiocarbonyl (C=S) groups is 1. The molecule has 0 bridgehead atoms. The molecule has 0 amide bonds. The molecule has 4 atom stereocenters. The Balaban J connectivity index is 2.43. The van der Waals surface area contributed by atoms with E-state index in [2.05, 4.69) is 20.8 Å². The van der Waals surface area contributed by atoms with Crippen molar-refractivity contribution in [3.05, 3.63) is 30.1 Å². The van der Waals surface area contributed by atoms with E-state index in [-0.39, 0.29) is 11.7 Å². The molecule has 0 aliphatic carbocycles. The van der Waals surface area contributed by atoms with E-state index in [1.165, 1.54) is 0 Å². The fourth-order valence-electron chi connectivity index (χ4n) is 1.69. The minimum Gasteiger partial charge on any atom is -0.394 e. The first kappa shape index (κ1) is 20.4. The van der Waals surface area contributed by atoms with Crippen LogP contribution in [0.25, 0.3) is 0 Å². The van der Waals surface area contributed by atoms with Crippen molar-refractivity contribution in [3.8, 4) is 0 Å². The Kier molecular flexibility index (Phi) is 8.68. The van der Waals surface area contributed by atoms with Crippen molar-refractivity contribution in [3.63, 3.8) is 0 Å². The summed E-state index contributed by atoms with van der Waals surface area (Å²) in [5.41, 5.74) is 3.83. The molecule has 0 aliphatic rings. The molecule has 0 aliphatic heterocycles. The molecule has 1 rings (SSSR count). The summed E-state index contributed by atoms with van der Waals surface area (Å²) in [4.78, 5) is 4.12. The van der Waals surface area contributed by atoms with Gasteiger partial charge in [-0.3, -0.25) is 10.4 Å². The zero-order valence-corrected chi connectivity index (χ0v) is 13.9. The van der Waals surface area contributed by atoms with Gasteiger partial charge in [-0.15, -0.1) is 0 Å². The van der Waals surface area contributed by atoms with Crippen molar-refractivity contribution in [2.45, 2.75) is 31.3 Å². The highest BCUT2D eigenvalue weighted by atomic mass is 32.1. The number of aromatic nitrogens is 1. The molecule has 0 spiro atoms. The number of hydrazone groups is 1. The number of aliphatic hydroxyl groups is 5. The zero-order valence-electron chi connectivity index (χ0n) is 13.1. The Morgan fingerprint density at radius 1 is 1.21 bits per heavy atom. The molecule has 1 aromatic heterocycles. The average molecular weight is 358 g/mol. The molecule has 134 valence electrons. The standard InChI is InChI=1S/C14H22N4O5S/c1-8(9-4-2-3-5-15-9)17-18-14(24)16-6-10(20)12(22)13(23)11(21)7-19/h2-5,10-13,19-23H,6-7H2,1H3,(H2,16,18,24)/b17-8+. The first-order chi connectivity index (χ1) is 11.4. The van der Waals surface area contributed by atoms with Gasteiger partial charge in [-0.25, -0.2) is 0 Å². The predicted octanol–water partition coefficient (Wildman–Crippen LogP) is -2.29. The molecule has 1 aromatic rings. The molecule has 0 aromatic carbocycles. The maximum atomic E-state index is 9.74. The highest BCUT2D eigenvalue weighted by Crippen LogP contribution is 2.04. The lowest BCUT2D eigenvalue weighted by Crippen LogP contribution is -2.50. The van der Waals surface area contributed by atoms with Crippen molar-refractivity contribution in [2.24, 2.45) is 5.10 Å². The van der Waals surface area contributed by atoms with Gasteiger partial charge in [0.05, 0.1) is 24.1 Å². The number of nitrogens with zero attached hydrogens (tertiary/aromatic N) is 2. The van der Waals surface area contributed by atoms with Crippen LogP contribution in [0, 0.1) is 0 Å². The van der Waals surface area contributed by atoms with Crippen LogP contribution in [0.4, 0.5) is 0 Å². The smallest absolute Gasteiger partial charge is 0.187 e. The highest BCUT2D eigenvalue weighted by Gasteiger charge is 2.29. The molecule has 4 unspecified atom stereocenters. The number of hydrogen-bond acceptors (Lipinski definition) is 8. The van der Waals surface area contributed by atoms with E-state index in [0.717, 1.165) is 0 Å². The lowest BCUT2D eigenvalue weighted by molar-refractivity contribution is -0.113. The second-order valence-corrected chi connectivity index (χ2v) is 5.44. The van der Waals surface area contributed by atoms with Gasteiger partial charge in [0, 0.05) is 12.7 Å². The van der Waals surface area contributed by atoms with Gasteiger partial charge in [0.15, 0.2) is 5.11 Å². The molecular weight excluding hydrogens is 336 g/mol. The molecule has 9 nitrogen and oxygen atoms in total. The maximum Gasteiger partial charge on any atom is 0.187 e. The summed E-state index contributed by atoms with van der Waals surface area (Å²) in [6, 6.07) is 5.39. The molecule has 24 heavy (non-hydrogen) atoms. The van der Waals surface area contributed by atoms with Crippen LogP contribution in [-0.2, 0) is 0 Å². The van der Waals surface area contributed by atoms with Crippen LogP contribution in [0.1, 0.15) is 12.6 Å². The Morgan fingerprint density at radius 2 is 1.88 bits per heavy atom. The number of pyridine rings is 1. The Hall–Kier alpha value is -1.69. The van der Waals surface area contributed by atoms with Gasteiger partial charge in [0.2, 0.25) is 0 Å². The van der Waals surface area contributed by atoms with Crippen molar-refractivity contribution < 1.29 is 25.5 Å². The van der Waals surface area contributed by atoms with Crippen LogP contribution >= 0.6 is 12.2 Å². The summed E-state index contributed by atoms with van der Waals surface area (Å²) < 4.78 is 0. The van der Waals surface area contributed by atoms with Crippen LogP contribution in [-0.4, -0.2) is 78.9 Å². The third kappa shape index (κ3) is 6.43. The number of rotatable bonds is 8. The van der Waals surface area contributed by atoms with Gasteiger partial charge < -0.3 is 30.8 Å². The Morgan fingerprint density at radius 3 is 2.46 bits per heavy atom. The van der Waals surface area contributed by atoms with Crippen molar-refractivity contribution in [1.82, 2.24) is 15.7 Å². The molecule has 1 heterocycles. The lowest BCUT2D eigenvalue weighted by atomic mass is 10.0. The molecule has 10 heteroatoms. The number of aliphatic hydroxyl groups excluding tert-OH is 5. The first-order valence-corrected chi connectivity index (χ1v) is 7.60. The second-order valence-electron chi connectivity index (χ2n) is 5.03. The average Bonchev–Trinajstić information content (AvgIpc) is 2.62. The zero-order chi connectivity index (χ0) is 18.1. The van der Waals surface area contributed by atoms with E-state index in [4.69, 9.17) is 17.3 Å². The molecular formula is C14H22N4O5S. The third-order valence-electron chi connectivity index (χ3n) is 3.16. The SMILES string of the molecule is C/C(=N\NC(=S)NCC(O)C(O)C(O)C(O)CO)c1ccccn1. The van der Waals surface area contributed by atoms with Gasteiger partial charge in [-0.1, -0.05) is 6.07 Å². The highest BCUT2D eigenvalue weighted by molar-refractivity contribution is 7.80. The largest absolute Gasteiger partial charge is 0.394 e. The van der Waals surface area contributed by atoms with Crippen LogP contribution in [0.5, 0.6) is 0 Å². The minimum absolute atomic E-state index is 0.0914. The lowest BCUT2D eigenvalue weighted by Gasteiger charge is -2.25. The van der Waals surface area contributed by atoms with E-state index in [9.17, 15) is 20.4 Å². The van der Waals surface area contributed by atoms with Gasteiger partial charge in [-0.05, 0) is 31.3 Å². The van der Waals surface area contributed by atoms with Crippen LogP contribution in [0.3, 0.4) is 0 Å².